The van der Waals surface area contributed by atoms with Crippen LogP contribution in [0.2, 0.25) is 0 Å². The summed E-state index contributed by atoms with van der Waals surface area (Å²) in [6, 6.07) is 0.319. The van der Waals surface area contributed by atoms with E-state index in [9.17, 15) is 9.90 Å². The summed E-state index contributed by atoms with van der Waals surface area (Å²) in [5, 5.41) is 9.31. The molecule has 1 saturated carbocycles. The van der Waals surface area contributed by atoms with E-state index in [1.807, 2.05) is 30.8 Å². The monoisotopic (exact) mass is 270 g/mol. The van der Waals surface area contributed by atoms with Crippen molar-refractivity contribution in [3.05, 3.63) is 0 Å². The minimum atomic E-state index is -0.305. The maximum Gasteiger partial charge on any atom is 0.239 e. The molecule has 0 spiro atoms. The lowest BCUT2D eigenvalue weighted by atomic mass is 9.94. The van der Waals surface area contributed by atoms with Crippen LogP contribution in [-0.2, 0) is 4.79 Å². The Morgan fingerprint density at radius 2 is 1.79 bits per heavy atom. The minimum absolute atomic E-state index is 0.106. The summed E-state index contributed by atoms with van der Waals surface area (Å²) >= 11 is 0. The van der Waals surface area contributed by atoms with Crippen molar-refractivity contribution in [1.82, 2.24) is 9.80 Å². The third kappa shape index (κ3) is 5.11. The first-order chi connectivity index (χ1) is 8.93. The van der Waals surface area contributed by atoms with E-state index in [4.69, 9.17) is 0 Å². The fourth-order valence-corrected chi connectivity index (χ4v) is 2.72. The molecule has 19 heavy (non-hydrogen) atoms. The number of aliphatic hydroxyl groups is 1. The van der Waals surface area contributed by atoms with E-state index < -0.39 is 0 Å². The fourth-order valence-electron chi connectivity index (χ4n) is 2.72. The third-order valence-electron chi connectivity index (χ3n) is 4.39. The zero-order valence-electron chi connectivity index (χ0n) is 12.9. The highest BCUT2D eigenvalue weighted by Gasteiger charge is 2.27. The van der Waals surface area contributed by atoms with Gasteiger partial charge in [-0.05, 0) is 40.2 Å². The topological polar surface area (TPSA) is 43.8 Å². The Kier molecular flexibility index (Phi) is 6.80. The summed E-state index contributed by atoms with van der Waals surface area (Å²) in [7, 11) is 3.90. The molecule has 0 aromatic heterocycles. The second-order valence-electron chi connectivity index (χ2n) is 6.04. The number of carbonyl (C=O) groups excluding carboxylic acids is 1. The van der Waals surface area contributed by atoms with Gasteiger partial charge in [-0.25, -0.2) is 0 Å². The number of rotatable bonds is 6. The van der Waals surface area contributed by atoms with Crippen molar-refractivity contribution in [3.8, 4) is 0 Å². The molecule has 1 amide bonds. The van der Waals surface area contributed by atoms with Crippen molar-refractivity contribution in [2.45, 2.75) is 70.6 Å². The lowest BCUT2D eigenvalue weighted by Gasteiger charge is -2.35. The highest BCUT2D eigenvalue weighted by molar-refractivity contribution is 5.81. The summed E-state index contributed by atoms with van der Waals surface area (Å²) in [5.41, 5.74) is 0. The Bertz CT molecular complexity index is 275. The molecule has 1 aliphatic carbocycles. The first-order valence-electron chi connectivity index (χ1n) is 7.58. The van der Waals surface area contributed by atoms with Gasteiger partial charge < -0.3 is 10.0 Å². The van der Waals surface area contributed by atoms with Gasteiger partial charge in [0.2, 0.25) is 5.91 Å². The van der Waals surface area contributed by atoms with Gasteiger partial charge in [0, 0.05) is 19.6 Å². The van der Waals surface area contributed by atoms with E-state index in [0.717, 1.165) is 19.4 Å². The van der Waals surface area contributed by atoms with Crippen LogP contribution in [0.5, 0.6) is 0 Å². The molecule has 0 saturated heterocycles. The van der Waals surface area contributed by atoms with Crippen molar-refractivity contribution < 1.29 is 9.90 Å². The van der Waals surface area contributed by atoms with Gasteiger partial charge in [0.1, 0.15) is 0 Å². The van der Waals surface area contributed by atoms with Crippen molar-refractivity contribution in [1.29, 1.82) is 0 Å². The Morgan fingerprint density at radius 3 is 2.32 bits per heavy atom. The average molecular weight is 270 g/mol. The second-order valence-corrected chi connectivity index (χ2v) is 6.04. The summed E-state index contributed by atoms with van der Waals surface area (Å²) in [5.74, 6) is 0.208. The average Bonchev–Trinajstić information content (AvgIpc) is 2.43. The predicted molar refractivity (Wildman–Crippen MR) is 78.0 cm³/mol. The Morgan fingerprint density at radius 1 is 1.21 bits per heavy atom. The van der Waals surface area contributed by atoms with Crippen molar-refractivity contribution in [2.24, 2.45) is 0 Å². The molecule has 0 heterocycles. The van der Waals surface area contributed by atoms with Crippen LogP contribution in [0.4, 0.5) is 0 Å². The molecular weight excluding hydrogens is 240 g/mol. The van der Waals surface area contributed by atoms with Gasteiger partial charge in [-0.2, -0.15) is 0 Å². The van der Waals surface area contributed by atoms with Crippen LogP contribution in [0.3, 0.4) is 0 Å². The molecule has 0 aliphatic heterocycles. The maximum absolute atomic E-state index is 12.5. The van der Waals surface area contributed by atoms with Crippen LogP contribution in [-0.4, -0.2) is 59.6 Å². The van der Waals surface area contributed by atoms with Gasteiger partial charge in [0.05, 0.1) is 12.1 Å². The number of hydrogen-bond donors (Lipinski definition) is 1. The van der Waals surface area contributed by atoms with E-state index in [2.05, 4.69) is 0 Å². The number of amides is 1. The van der Waals surface area contributed by atoms with Crippen molar-refractivity contribution in [2.75, 3.05) is 20.6 Å². The van der Waals surface area contributed by atoms with E-state index in [0.29, 0.717) is 12.5 Å². The van der Waals surface area contributed by atoms with E-state index in [1.54, 1.807) is 6.92 Å². The third-order valence-corrected chi connectivity index (χ3v) is 4.39. The Hall–Kier alpha value is -0.610. The number of aliphatic hydroxyl groups excluding tert-OH is 1. The molecular formula is C15H30N2O2. The van der Waals surface area contributed by atoms with Gasteiger partial charge >= 0.3 is 0 Å². The molecule has 1 N–H and O–H groups in total. The SMILES string of the molecule is CC(O)CCN(C)C(C)C(=O)N(C)C1CCCCC1. The molecule has 2 atom stereocenters. The van der Waals surface area contributed by atoms with Gasteiger partial charge in [-0.1, -0.05) is 19.3 Å². The lowest BCUT2D eigenvalue weighted by Crippen LogP contribution is -2.48. The van der Waals surface area contributed by atoms with Crippen LogP contribution in [0, 0.1) is 0 Å². The van der Waals surface area contributed by atoms with E-state index in [1.165, 1.54) is 19.3 Å². The molecule has 0 aromatic carbocycles. The quantitative estimate of drug-likeness (QED) is 0.801. The summed E-state index contributed by atoms with van der Waals surface area (Å²) in [6.45, 7) is 4.50. The second kappa shape index (κ2) is 7.85. The highest BCUT2D eigenvalue weighted by atomic mass is 16.3. The molecule has 0 radical (unpaired) electrons. The normalized spacial score (nSPS) is 20.3. The molecule has 1 rings (SSSR count). The molecule has 0 bridgehead atoms. The fraction of sp³-hybridized carbons (Fsp3) is 0.933. The Balaban J connectivity index is 2.45. The van der Waals surface area contributed by atoms with Crippen LogP contribution in [0.25, 0.3) is 0 Å². The largest absolute Gasteiger partial charge is 0.393 e. The summed E-state index contributed by atoms with van der Waals surface area (Å²) < 4.78 is 0. The lowest BCUT2D eigenvalue weighted by molar-refractivity contribution is -0.137. The van der Waals surface area contributed by atoms with Gasteiger partial charge in [0.15, 0.2) is 0 Å². The predicted octanol–water partition coefficient (Wildman–Crippen LogP) is 1.87. The van der Waals surface area contributed by atoms with Gasteiger partial charge in [-0.15, -0.1) is 0 Å². The number of nitrogens with zero attached hydrogens (tertiary/aromatic N) is 2. The Labute approximate surface area is 117 Å². The first kappa shape index (κ1) is 16.4. The van der Waals surface area contributed by atoms with Crippen LogP contribution >= 0.6 is 0 Å². The smallest absolute Gasteiger partial charge is 0.239 e. The summed E-state index contributed by atoms with van der Waals surface area (Å²) in [6.07, 6.45) is 6.49. The van der Waals surface area contributed by atoms with Crippen molar-refractivity contribution >= 4 is 5.91 Å². The maximum atomic E-state index is 12.5. The van der Waals surface area contributed by atoms with Crippen LogP contribution < -0.4 is 0 Å². The standard InChI is InChI=1S/C15H30N2O2/c1-12(18)10-11-16(3)13(2)15(19)17(4)14-8-6-5-7-9-14/h12-14,18H,5-11H2,1-4H3. The molecule has 112 valence electrons. The summed E-state index contributed by atoms with van der Waals surface area (Å²) in [4.78, 5) is 16.4. The molecule has 1 aliphatic rings. The highest BCUT2D eigenvalue weighted by Crippen LogP contribution is 2.22. The molecule has 0 aromatic rings. The van der Waals surface area contributed by atoms with Gasteiger partial charge in [-0.3, -0.25) is 9.69 Å². The molecule has 4 nitrogen and oxygen atoms in total. The first-order valence-corrected chi connectivity index (χ1v) is 7.58. The van der Waals surface area contributed by atoms with E-state index >= 15 is 0 Å². The zero-order valence-corrected chi connectivity index (χ0v) is 12.9. The van der Waals surface area contributed by atoms with E-state index in [-0.39, 0.29) is 18.1 Å². The van der Waals surface area contributed by atoms with Crippen LogP contribution in [0.15, 0.2) is 0 Å². The molecule has 4 heteroatoms. The number of likely N-dealkylation sites (N-methyl/N-ethyl adjacent to an activating group) is 2. The molecule has 1 fully saturated rings. The van der Waals surface area contributed by atoms with Crippen LogP contribution in [0.1, 0.15) is 52.4 Å². The number of hydrogen-bond acceptors (Lipinski definition) is 3. The zero-order chi connectivity index (χ0) is 14.4. The minimum Gasteiger partial charge on any atom is -0.393 e. The van der Waals surface area contributed by atoms with Gasteiger partial charge in [0.25, 0.3) is 0 Å². The molecule has 2 unspecified atom stereocenters. The van der Waals surface area contributed by atoms with Crippen molar-refractivity contribution in [3.63, 3.8) is 0 Å². The number of carbonyl (C=O) groups is 1.